The fourth-order valence-electron chi connectivity index (χ4n) is 1.91. The Morgan fingerprint density at radius 1 is 1.29 bits per heavy atom. The number of nitrogens with zero attached hydrogens (tertiary/aromatic N) is 2. The highest BCUT2D eigenvalue weighted by Gasteiger charge is 2.06. The summed E-state index contributed by atoms with van der Waals surface area (Å²) in [5, 5.41) is 3.52. The van der Waals surface area contributed by atoms with E-state index in [0.717, 1.165) is 37.6 Å². The van der Waals surface area contributed by atoms with Gasteiger partial charge in [-0.2, -0.15) is 0 Å². The molecule has 0 aromatic carbocycles. The minimum atomic E-state index is 0.497. The molecule has 0 aliphatic rings. The molecule has 1 aromatic rings. The molecule has 0 bridgehead atoms. The zero-order chi connectivity index (χ0) is 12.7. The standard InChI is InChI=1S/C14H25N3/c1-5-17(6-2)11-13(4)15-10-14-9-7-8-12(3)16-14/h7-9,13,15H,5-6,10-11H2,1-4H3. The first-order chi connectivity index (χ1) is 8.15. The number of nitrogens with one attached hydrogen (secondary N) is 1. The van der Waals surface area contributed by atoms with E-state index in [1.807, 2.05) is 13.0 Å². The first kappa shape index (κ1) is 14.1. The molecule has 0 fully saturated rings. The third-order valence-electron chi connectivity index (χ3n) is 3.00. The lowest BCUT2D eigenvalue weighted by molar-refractivity contribution is 0.270. The van der Waals surface area contributed by atoms with E-state index in [1.54, 1.807) is 0 Å². The van der Waals surface area contributed by atoms with Crippen molar-refractivity contribution in [3.05, 3.63) is 29.6 Å². The highest BCUT2D eigenvalue weighted by Crippen LogP contribution is 1.99. The van der Waals surface area contributed by atoms with Crippen LogP contribution in [0.1, 0.15) is 32.2 Å². The predicted molar refractivity (Wildman–Crippen MR) is 73.1 cm³/mol. The van der Waals surface area contributed by atoms with Crippen LogP contribution >= 0.6 is 0 Å². The predicted octanol–water partition coefficient (Wildman–Crippen LogP) is 2.21. The maximum absolute atomic E-state index is 4.49. The Labute approximate surface area is 105 Å². The zero-order valence-corrected chi connectivity index (χ0v) is 11.5. The average Bonchev–Trinajstić information content (AvgIpc) is 2.33. The van der Waals surface area contributed by atoms with Gasteiger partial charge in [0.2, 0.25) is 0 Å². The second-order valence-electron chi connectivity index (χ2n) is 4.54. The molecule has 0 spiro atoms. The topological polar surface area (TPSA) is 28.2 Å². The Morgan fingerprint density at radius 2 is 2.00 bits per heavy atom. The van der Waals surface area contributed by atoms with Crippen LogP contribution in [0, 0.1) is 6.92 Å². The summed E-state index contributed by atoms with van der Waals surface area (Å²) in [5.74, 6) is 0. The van der Waals surface area contributed by atoms with Crippen molar-refractivity contribution in [1.82, 2.24) is 15.2 Å². The molecule has 1 atom stereocenters. The van der Waals surface area contributed by atoms with Crippen molar-refractivity contribution in [2.24, 2.45) is 0 Å². The van der Waals surface area contributed by atoms with Crippen LogP contribution in [-0.2, 0) is 6.54 Å². The van der Waals surface area contributed by atoms with Crippen molar-refractivity contribution < 1.29 is 0 Å². The van der Waals surface area contributed by atoms with Crippen molar-refractivity contribution in [3.63, 3.8) is 0 Å². The summed E-state index contributed by atoms with van der Waals surface area (Å²) >= 11 is 0. The van der Waals surface area contributed by atoms with Crippen molar-refractivity contribution in [2.75, 3.05) is 19.6 Å². The Morgan fingerprint density at radius 3 is 2.59 bits per heavy atom. The Kier molecular flexibility index (Phi) is 6.16. The molecule has 1 N–H and O–H groups in total. The summed E-state index contributed by atoms with van der Waals surface area (Å²) < 4.78 is 0. The minimum absolute atomic E-state index is 0.497. The highest BCUT2D eigenvalue weighted by atomic mass is 15.1. The third kappa shape index (κ3) is 5.29. The molecule has 3 nitrogen and oxygen atoms in total. The van der Waals surface area contributed by atoms with Crippen molar-refractivity contribution in [2.45, 2.75) is 40.3 Å². The van der Waals surface area contributed by atoms with Crippen molar-refractivity contribution >= 4 is 0 Å². The molecule has 0 saturated heterocycles. The Hall–Kier alpha value is -0.930. The number of hydrogen-bond donors (Lipinski definition) is 1. The summed E-state index contributed by atoms with van der Waals surface area (Å²) in [5.41, 5.74) is 2.21. The van der Waals surface area contributed by atoms with Gasteiger partial charge in [0.1, 0.15) is 0 Å². The molecule has 17 heavy (non-hydrogen) atoms. The average molecular weight is 235 g/mol. The summed E-state index contributed by atoms with van der Waals surface area (Å²) in [6, 6.07) is 6.67. The maximum atomic E-state index is 4.49. The van der Waals surface area contributed by atoms with Crippen LogP contribution < -0.4 is 5.32 Å². The minimum Gasteiger partial charge on any atom is -0.307 e. The van der Waals surface area contributed by atoms with E-state index in [0.29, 0.717) is 6.04 Å². The normalized spacial score (nSPS) is 13.0. The van der Waals surface area contributed by atoms with Crippen LogP contribution in [0.4, 0.5) is 0 Å². The molecule has 96 valence electrons. The van der Waals surface area contributed by atoms with Gasteiger partial charge in [0.05, 0.1) is 5.69 Å². The largest absolute Gasteiger partial charge is 0.307 e. The lowest BCUT2D eigenvalue weighted by atomic mass is 10.2. The lowest BCUT2D eigenvalue weighted by Crippen LogP contribution is -2.38. The van der Waals surface area contributed by atoms with E-state index >= 15 is 0 Å². The summed E-state index contributed by atoms with van der Waals surface area (Å²) in [4.78, 5) is 6.92. The van der Waals surface area contributed by atoms with Gasteiger partial charge in [0, 0.05) is 24.8 Å². The van der Waals surface area contributed by atoms with Crippen LogP contribution in [0.5, 0.6) is 0 Å². The quantitative estimate of drug-likeness (QED) is 0.785. The first-order valence-corrected chi connectivity index (χ1v) is 6.54. The summed E-state index contributed by atoms with van der Waals surface area (Å²) in [6.45, 7) is 12.9. The van der Waals surface area contributed by atoms with Gasteiger partial charge in [-0.1, -0.05) is 19.9 Å². The number of aryl methyl sites for hydroxylation is 1. The Balaban J connectivity index is 2.35. The number of rotatable bonds is 7. The molecule has 0 amide bonds. The van der Waals surface area contributed by atoms with E-state index in [-0.39, 0.29) is 0 Å². The van der Waals surface area contributed by atoms with Crippen molar-refractivity contribution in [1.29, 1.82) is 0 Å². The maximum Gasteiger partial charge on any atom is 0.0544 e. The van der Waals surface area contributed by atoms with E-state index in [4.69, 9.17) is 0 Å². The van der Waals surface area contributed by atoms with Gasteiger partial charge >= 0.3 is 0 Å². The van der Waals surface area contributed by atoms with E-state index < -0.39 is 0 Å². The number of likely N-dealkylation sites (N-methyl/N-ethyl adjacent to an activating group) is 1. The van der Waals surface area contributed by atoms with Gasteiger partial charge in [-0.15, -0.1) is 0 Å². The molecule has 0 saturated carbocycles. The molecular formula is C14H25N3. The molecule has 0 aliphatic heterocycles. The van der Waals surface area contributed by atoms with Gasteiger partial charge in [-0.3, -0.25) is 4.98 Å². The fraction of sp³-hybridized carbons (Fsp3) is 0.643. The molecule has 1 heterocycles. The first-order valence-electron chi connectivity index (χ1n) is 6.54. The molecule has 0 aliphatic carbocycles. The monoisotopic (exact) mass is 235 g/mol. The van der Waals surface area contributed by atoms with Gasteiger partial charge in [0.25, 0.3) is 0 Å². The Bertz CT molecular complexity index is 321. The molecular weight excluding hydrogens is 210 g/mol. The number of hydrogen-bond acceptors (Lipinski definition) is 3. The van der Waals surface area contributed by atoms with Gasteiger partial charge < -0.3 is 10.2 Å². The van der Waals surface area contributed by atoms with Crippen LogP contribution in [-0.4, -0.2) is 35.6 Å². The van der Waals surface area contributed by atoms with Crippen molar-refractivity contribution in [3.8, 4) is 0 Å². The highest BCUT2D eigenvalue weighted by molar-refractivity contribution is 5.09. The number of pyridine rings is 1. The molecule has 1 aromatic heterocycles. The van der Waals surface area contributed by atoms with E-state index in [2.05, 4.69) is 48.1 Å². The summed E-state index contributed by atoms with van der Waals surface area (Å²) in [6.07, 6.45) is 0. The van der Waals surface area contributed by atoms with E-state index in [1.165, 1.54) is 0 Å². The summed E-state index contributed by atoms with van der Waals surface area (Å²) in [7, 11) is 0. The van der Waals surface area contributed by atoms with Gasteiger partial charge in [-0.05, 0) is 39.1 Å². The van der Waals surface area contributed by atoms with Gasteiger partial charge in [0.15, 0.2) is 0 Å². The SMILES string of the molecule is CCN(CC)CC(C)NCc1cccc(C)n1. The fourth-order valence-corrected chi connectivity index (χ4v) is 1.91. The van der Waals surface area contributed by atoms with Gasteiger partial charge in [-0.25, -0.2) is 0 Å². The van der Waals surface area contributed by atoms with E-state index in [9.17, 15) is 0 Å². The lowest BCUT2D eigenvalue weighted by Gasteiger charge is -2.23. The second kappa shape index (κ2) is 7.41. The number of aromatic nitrogens is 1. The van der Waals surface area contributed by atoms with Crippen LogP contribution in [0.2, 0.25) is 0 Å². The second-order valence-corrected chi connectivity index (χ2v) is 4.54. The van der Waals surface area contributed by atoms with Crippen LogP contribution in [0.15, 0.2) is 18.2 Å². The molecule has 3 heteroatoms. The molecule has 1 unspecified atom stereocenters. The zero-order valence-electron chi connectivity index (χ0n) is 11.5. The molecule has 1 rings (SSSR count). The third-order valence-corrected chi connectivity index (χ3v) is 3.00. The van der Waals surface area contributed by atoms with Crippen LogP contribution in [0.3, 0.4) is 0 Å². The molecule has 0 radical (unpaired) electrons. The smallest absolute Gasteiger partial charge is 0.0544 e. The van der Waals surface area contributed by atoms with Crippen LogP contribution in [0.25, 0.3) is 0 Å².